The summed E-state index contributed by atoms with van der Waals surface area (Å²) in [4.78, 5) is 11.9. The highest BCUT2D eigenvalue weighted by molar-refractivity contribution is 5.91. The van der Waals surface area contributed by atoms with Gasteiger partial charge in [0.15, 0.2) is 5.78 Å². The van der Waals surface area contributed by atoms with Gasteiger partial charge in [0.05, 0.1) is 12.7 Å². The molecule has 3 nitrogen and oxygen atoms in total. The first-order valence-corrected chi connectivity index (χ1v) is 10.1. The standard InChI is InChI=1S/C22H32O3/c1-21-10-8-18-20(17(21)6-5-14(21)4-3-11-23)19(25)13-15-12-16(24)7-9-22(15,18)2/h3-4,12,14,17-20,23,25H,5-11,13H2,1-2H3/t14-,17+,18+,19+,20+,21-,22+/m1/s1. The number of aliphatic hydroxyl groups excluding tert-OH is 2. The molecule has 4 rings (SSSR count). The van der Waals surface area contributed by atoms with Crippen LogP contribution in [0.1, 0.15) is 58.8 Å². The highest BCUT2D eigenvalue weighted by Crippen LogP contribution is 2.66. The first kappa shape index (κ1) is 17.5. The van der Waals surface area contributed by atoms with Crippen LogP contribution in [0.15, 0.2) is 23.8 Å². The van der Waals surface area contributed by atoms with Gasteiger partial charge in [-0.3, -0.25) is 4.79 Å². The topological polar surface area (TPSA) is 57.5 Å². The minimum Gasteiger partial charge on any atom is -0.392 e. The lowest BCUT2D eigenvalue weighted by atomic mass is 9.46. The van der Waals surface area contributed by atoms with Crippen LogP contribution in [0.5, 0.6) is 0 Å². The van der Waals surface area contributed by atoms with Crippen LogP contribution in [-0.4, -0.2) is 28.7 Å². The predicted molar refractivity (Wildman–Crippen MR) is 97.8 cm³/mol. The Morgan fingerprint density at radius 1 is 1.20 bits per heavy atom. The molecule has 0 aliphatic heterocycles. The quantitative estimate of drug-likeness (QED) is 0.752. The van der Waals surface area contributed by atoms with Crippen LogP contribution in [0.25, 0.3) is 0 Å². The average Bonchev–Trinajstić information content (AvgIpc) is 2.91. The summed E-state index contributed by atoms with van der Waals surface area (Å²) in [6.07, 6.45) is 12.7. The van der Waals surface area contributed by atoms with E-state index < -0.39 is 0 Å². The summed E-state index contributed by atoms with van der Waals surface area (Å²) in [7, 11) is 0. The molecule has 0 unspecified atom stereocenters. The third kappa shape index (κ3) is 2.49. The van der Waals surface area contributed by atoms with E-state index in [1.165, 1.54) is 24.8 Å². The second-order valence-corrected chi connectivity index (χ2v) is 9.45. The zero-order valence-electron chi connectivity index (χ0n) is 15.6. The van der Waals surface area contributed by atoms with Gasteiger partial charge in [-0.1, -0.05) is 31.6 Å². The first-order chi connectivity index (χ1) is 11.9. The molecule has 0 bridgehead atoms. The van der Waals surface area contributed by atoms with Crippen molar-refractivity contribution in [1.82, 2.24) is 0 Å². The summed E-state index contributed by atoms with van der Waals surface area (Å²) in [6.45, 7) is 4.89. The van der Waals surface area contributed by atoms with Crippen LogP contribution in [0.3, 0.4) is 0 Å². The molecule has 7 atom stereocenters. The number of rotatable bonds is 2. The van der Waals surface area contributed by atoms with Gasteiger partial charge in [-0.2, -0.15) is 0 Å². The van der Waals surface area contributed by atoms with Crippen LogP contribution in [0, 0.1) is 34.5 Å². The maximum absolute atomic E-state index is 11.9. The molecule has 4 aliphatic rings. The lowest BCUT2D eigenvalue weighted by molar-refractivity contribution is -0.122. The molecule has 0 aromatic heterocycles. The number of hydrogen-bond donors (Lipinski definition) is 2. The maximum atomic E-state index is 11.9. The summed E-state index contributed by atoms with van der Waals surface area (Å²) in [5, 5.41) is 20.2. The predicted octanol–water partition coefficient (Wildman–Crippen LogP) is 3.65. The summed E-state index contributed by atoms with van der Waals surface area (Å²) < 4.78 is 0. The molecule has 25 heavy (non-hydrogen) atoms. The summed E-state index contributed by atoms with van der Waals surface area (Å²) >= 11 is 0. The molecule has 3 saturated carbocycles. The van der Waals surface area contributed by atoms with Crippen molar-refractivity contribution in [2.45, 2.75) is 64.9 Å². The second-order valence-electron chi connectivity index (χ2n) is 9.45. The molecule has 0 aromatic carbocycles. The van der Waals surface area contributed by atoms with Crippen molar-refractivity contribution in [2.75, 3.05) is 6.61 Å². The number of carbonyl (C=O) groups excluding carboxylic acids is 1. The van der Waals surface area contributed by atoms with E-state index in [1.807, 2.05) is 12.2 Å². The molecule has 0 heterocycles. The fraction of sp³-hybridized carbons (Fsp3) is 0.773. The highest BCUT2D eigenvalue weighted by atomic mass is 16.3. The van der Waals surface area contributed by atoms with Crippen molar-refractivity contribution in [3.8, 4) is 0 Å². The number of aliphatic hydroxyl groups is 2. The molecular weight excluding hydrogens is 312 g/mol. The van der Waals surface area contributed by atoms with Gasteiger partial charge in [0.25, 0.3) is 0 Å². The van der Waals surface area contributed by atoms with E-state index in [2.05, 4.69) is 19.9 Å². The molecule has 3 fully saturated rings. The number of fused-ring (bicyclic) bond motifs is 5. The van der Waals surface area contributed by atoms with Crippen LogP contribution in [0.2, 0.25) is 0 Å². The molecule has 0 spiro atoms. The lowest BCUT2D eigenvalue weighted by Crippen LogP contribution is -2.55. The Hall–Kier alpha value is -0.930. The van der Waals surface area contributed by atoms with Gasteiger partial charge < -0.3 is 10.2 Å². The third-order valence-electron chi connectivity index (χ3n) is 8.53. The Bertz CT molecular complexity index is 621. The van der Waals surface area contributed by atoms with Crippen LogP contribution < -0.4 is 0 Å². The monoisotopic (exact) mass is 344 g/mol. The molecular formula is C22H32O3. The molecule has 2 N–H and O–H groups in total. The van der Waals surface area contributed by atoms with E-state index in [4.69, 9.17) is 5.11 Å². The van der Waals surface area contributed by atoms with E-state index in [0.29, 0.717) is 36.5 Å². The maximum Gasteiger partial charge on any atom is 0.155 e. The van der Waals surface area contributed by atoms with Gasteiger partial charge >= 0.3 is 0 Å². The zero-order chi connectivity index (χ0) is 17.8. The van der Waals surface area contributed by atoms with E-state index >= 15 is 0 Å². The van der Waals surface area contributed by atoms with Crippen LogP contribution >= 0.6 is 0 Å². The lowest BCUT2D eigenvalue weighted by Gasteiger charge is -2.59. The number of ketones is 1. The molecule has 0 saturated heterocycles. The fourth-order valence-electron chi connectivity index (χ4n) is 7.11. The van der Waals surface area contributed by atoms with Crippen molar-refractivity contribution in [2.24, 2.45) is 34.5 Å². The largest absolute Gasteiger partial charge is 0.392 e. The van der Waals surface area contributed by atoms with E-state index in [-0.39, 0.29) is 29.3 Å². The Balaban J connectivity index is 1.67. The third-order valence-corrected chi connectivity index (χ3v) is 8.53. The van der Waals surface area contributed by atoms with Gasteiger partial charge in [-0.15, -0.1) is 0 Å². The normalized spacial score (nSPS) is 49.5. The van der Waals surface area contributed by atoms with Crippen molar-refractivity contribution >= 4 is 5.78 Å². The highest BCUT2D eigenvalue weighted by Gasteiger charge is 2.60. The minimum absolute atomic E-state index is 0.109. The Morgan fingerprint density at radius 2 is 2.00 bits per heavy atom. The molecule has 0 aromatic rings. The van der Waals surface area contributed by atoms with Gasteiger partial charge in [0, 0.05) is 6.42 Å². The van der Waals surface area contributed by atoms with E-state index in [9.17, 15) is 9.90 Å². The van der Waals surface area contributed by atoms with Gasteiger partial charge in [0.1, 0.15) is 0 Å². The van der Waals surface area contributed by atoms with Crippen molar-refractivity contribution in [1.29, 1.82) is 0 Å². The SMILES string of the molecule is C[C@]12CC[C@H]3[C@@H]([C@@H](O)CC4=CC(=O)CC[C@@]43C)[C@@H]1CC[C@H]2C=CCO. The second kappa shape index (κ2) is 6.06. The smallest absolute Gasteiger partial charge is 0.155 e. The van der Waals surface area contributed by atoms with Crippen LogP contribution in [0.4, 0.5) is 0 Å². The van der Waals surface area contributed by atoms with Gasteiger partial charge in [-0.05, 0) is 79.1 Å². The minimum atomic E-state index is -0.305. The molecule has 3 heteroatoms. The Morgan fingerprint density at radius 3 is 2.76 bits per heavy atom. The summed E-state index contributed by atoms with van der Waals surface area (Å²) in [6, 6.07) is 0. The number of allylic oxidation sites excluding steroid dienone is 1. The van der Waals surface area contributed by atoms with Crippen molar-refractivity contribution in [3.05, 3.63) is 23.8 Å². The molecule has 0 radical (unpaired) electrons. The fourth-order valence-corrected chi connectivity index (χ4v) is 7.11. The van der Waals surface area contributed by atoms with Crippen LogP contribution in [-0.2, 0) is 4.79 Å². The summed E-state index contributed by atoms with van der Waals surface area (Å²) in [5.41, 5.74) is 1.57. The van der Waals surface area contributed by atoms with Crippen molar-refractivity contribution in [3.63, 3.8) is 0 Å². The van der Waals surface area contributed by atoms with Crippen molar-refractivity contribution < 1.29 is 15.0 Å². The van der Waals surface area contributed by atoms with E-state index in [1.54, 1.807) is 0 Å². The Labute approximate surface area is 151 Å². The van der Waals surface area contributed by atoms with E-state index in [0.717, 1.165) is 12.8 Å². The Kier molecular flexibility index (Phi) is 4.24. The number of hydrogen-bond acceptors (Lipinski definition) is 3. The zero-order valence-corrected chi connectivity index (χ0v) is 15.6. The number of carbonyl (C=O) groups is 1. The molecule has 138 valence electrons. The first-order valence-electron chi connectivity index (χ1n) is 10.1. The average molecular weight is 344 g/mol. The molecule has 4 aliphatic carbocycles. The summed E-state index contributed by atoms with van der Waals surface area (Å²) in [5.74, 6) is 2.20. The van der Waals surface area contributed by atoms with Gasteiger partial charge in [0.2, 0.25) is 0 Å². The molecule has 0 amide bonds. The van der Waals surface area contributed by atoms with Gasteiger partial charge in [-0.25, -0.2) is 0 Å².